The number of anilines is 1. The third-order valence-corrected chi connectivity index (χ3v) is 11.8. The van der Waals surface area contributed by atoms with Crippen molar-refractivity contribution >= 4 is 68.6 Å². The van der Waals surface area contributed by atoms with Crippen LogP contribution in [0.2, 0.25) is 0 Å². The Hall–Kier alpha value is -2.69. The number of hydrogen-bond donors (Lipinski definition) is 3. The largest absolute Gasteiger partial charge is 0.626 e. The molecular formula is C27H29FN4O7S3. The normalized spacial score (nSPS) is 26.3. The number of hydroxylamine groups is 3. The van der Waals surface area contributed by atoms with E-state index in [2.05, 4.69) is 0 Å². The second-order valence-electron chi connectivity index (χ2n) is 11.1. The SMILES string of the molecule is C[C@@H](O)[C@@H]1C[N+]2([O-])C(C(=O)O)=C(CSC(=S)N3CCN(c4cc5c(cc4F)c(=O)c(C(=O)O)cn5C4CC4)CC3)S[C@H]12. The maximum atomic E-state index is 15.3. The molecule has 3 N–H and O–H groups in total. The average molecular weight is 637 g/mol. The molecule has 4 heterocycles. The number of pyridine rings is 1. The van der Waals surface area contributed by atoms with Crippen LogP contribution in [-0.4, -0.2) is 95.6 Å². The summed E-state index contributed by atoms with van der Waals surface area (Å²) < 4.78 is 16.7. The maximum absolute atomic E-state index is 15.3. The van der Waals surface area contributed by atoms with Crippen LogP contribution in [0.5, 0.6) is 0 Å². The van der Waals surface area contributed by atoms with Crippen molar-refractivity contribution in [3.8, 4) is 0 Å². The summed E-state index contributed by atoms with van der Waals surface area (Å²) in [6, 6.07) is 2.84. The van der Waals surface area contributed by atoms with Crippen molar-refractivity contribution in [3.05, 3.63) is 55.7 Å². The highest BCUT2D eigenvalue weighted by Gasteiger charge is 2.61. The molecular weight excluding hydrogens is 608 g/mol. The Morgan fingerprint density at radius 2 is 1.90 bits per heavy atom. The number of carboxylic acids is 2. The number of benzene rings is 1. The number of carboxylic acid groups (broad SMARTS) is 2. The summed E-state index contributed by atoms with van der Waals surface area (Å²) in [7, 11) is 0. The van der Waals surface area contributed by atoms with E-state index >= 15 is 4.39 Å². The van der Waals surface area contributed by atoms with Crippen LogP contribution < -0.4 is 10.3 Å². The quantitative estimate of drug-likeness (QED) is 0.233. The lowest BCUT2D eigenvalue weighted by Gasteiger charge is -2.56. The van der Waals surface area contributed by atoms with Gasteiger partial charge in [-0.05, 0) is 31.9 Å². The van der Waals surface area contributed by atoms with Gasteiger partial charge in [0.25, 0.3) is 0 Å². The number of piperazine rings is 1. The number of rotatable bonds is 7. The van der Waals surface area contributed by atoms with Gasteiger partial charge in [-0.15, -0.1) is 0 Å². The van der Waals surface area contributed by atoms with Gasteiger partial charge in [0.05, 0.1) is 34.7 Å². The van der Waals surface area contributed by atoms with Crippen molar-refractivity contribution in [3.63, 3.8) is 0 Å². The predicted molar refractivity (Wildman–Crippen MR) is 162 cm³/mol. The number of aliphatic hydroxyl groups is 1. The Balaban J connectivity index is 1.14. The van der Waals surface area contributed by atoms with Crippen LogP contribution in [0.15, 0.2) is 33.7 Å². The molecule has 6 rings (SSSR count). The number of aromatic nitrogens is 1. The predicted octanol–water partition coefficient (Wildman–Crippen LogP) is 3.01. The molecule has 1 aromatic heterocycles. The molecule has 2 saturated heterocycles. The van der Waals surface area contributed by atoms with E-state index in [-0.39, 0.29) is 40.9 Å². The van der Waals surface area contributed by atoms with Crippen molar-refractivity contribution in [2.45, 2.75) is 37.3 Å². The van der Waals surface area contributed by atoms with Crippen molar-refractivity contribution in [1.29, 1.82) is 0 Å². The fourth-order valence-electron chi connectivity index (χ4n) is 6.01. The van der Waals surface area contributed by atoms with Gasteiger partial charge in [-0.3, -0.25) is 4.79 Å². The lowest BCUT2D eigenvalue weighted by Crippen LogP contribution is -2.66. The van der Waals surface area contributed by atoms with Crippen molar-refractivity contribution in [1.82, 2.24) is 9.47 Å². The van der Waals surface area contributed by atoms with Gasteiger partial charge in [-0.1, -0.05) is 35.7 Å². The van der Waals surface area contributed by atoms with Gasteiger partial charge in [-0.2, -0.15) is 0 Å². The zero-order valence-corrected chi connectivity index (χ0v) is 25.0. The van der Waals surface area contributed by atoms with Gasteiger partial charge in [0.2, 0.25) is 11.1 Å². The van der Waals surface area contributed by atoms with E-state index in [1.165, 1.54) is 29.7 Å². The summed E-state index contributed by atoms with van der Waals surface area (Å²) in [4.78, 5) is 40.6. The third-order valence-electron chi connectivity index (χ3n) is 8.46. The topological polar surface area (TPSA) is 146 Å². The van der Waals surface area contributed by atoms with Crippen molar-refractivity contribution < 1.29 is 33.9 Å². The minimum atomic E-state index is -1.34. The number of carbonyl (C=O) groups is 2. The van der Waals surface area contributed by atoms with Gasteiger partial charge in [0, 0.05) is 49.6 Å². The molecule has 1 unspecified atom stereocenters. The highest BCUT2D eigenvalue weighted by molar-refractivity contribution is 8.23. The van der Waals surface area contributed by atoms with Crippen LogP contribution in [0.3, 0.4) is 0 Å². The molecule has 3 aliphatic heterocycles. The van der Waals surface area contributed by atoms with Gasteiger partial charge in [-0.25, -0.2) is 14.0 Å². The van der Waals surface area contributed by atoms with E-state index in [1.807, 2.05) is 9.80 Å². The van der Waals surface area contributed by atoms with Crippen LogP contribution in [0, 0.1) is 16.9 Å². The minimum Gasteiger partial charge on any atom is -0.626 e. The highest BCUT2D eigenvalue weighted by Crippen LogP contribution is 2.55. The second kappa shape index (κ2) is 10.8. The number of thioether (sulfide) groups is 2. The van der Waals surface area contributed by atoms with Crippen LogP contribution in [-0.2, 0) is 4.79 Å². The van der Waals surface area contributed by atoms with E-state index in [9.17, 15) is 34.9 Å². The number of nitrogens with zero attached hydrogens (tertiary/aromatic N) is 4. The second-order valence-corrected chi connectivity index (χ2v) is 14.0. The molecule has 3 fully saturated rings. The maximum Gasteiger partial charge on any atom is 0.391 e. The van der Waals surface area contributed by atoms with Crippen LogP contribution >= 0.6 is 35.7 Å². The first-order chi connectivity index (χ1) is 19.9. The highest BCUT2D eigenvalue weighted by atomic mass is 32.2. The van der Waals surface area contributed by atoms with Crippen LogP contribution in [0.1, 0.15) is 36.2 Å². The molecule has 4 aliphatic rings. The van der Waals surface area contributed by atoms with Crippen molar-refractivity contribution in [2.24, 2.45) is 5.92 Å². The standard InChI is InChI=1S/C27H29FN4O7S3/c1-13(33)17-11-32(39)22(26(37)38)21(42-24(17)32)12-41-27(40)30-6-4-29(5-7-30)20-9-19-15(8-18(20)28)23(34)16(25(35)36)10-31(19)14-2-3-14/h8-10,13-14,17,24,33H,2-7,11-12H2,1H3,(H,35,36)(H,37,38)/t13-,17+,24-,32?/m1/s1. The fraction of sp³-hybridized carbons (Fsp3) is 0.481. The molecule has 2 aromatic rings. The first kappa shape index (κ1) is 29.4. The molecule has 11 nitrogen and oxygen atoms in total. The van der Waals surface area contributed by atoms with Gasteiger partial charge in [0.1, 0.15) is 15.7 Å². The molecule has 1 saturated carbocycles. The van der Waals surface area contributed by atoms with Crippen LogP contribution in [0.4, 0.5) is 10.1 Å². The third kappa shape index (κ3) is 4.89. The lowest BCUT2D eigenvalue weighted by molar-refractivity contribution is -0.902. The van der Waals surface area contributed by atoms with E-state index < -0.39 is 39.3 Å². The van der Waals surface area contributed by atoms with E-state index in [1.54, 1.807) is 17.6 Å². The Kier molecular flexibility index (Phi) is 7.55. The number of fused-ring (bicyclic) bond motifs is 2. The first-order valence-electron chi connectivity index (χ1n) is 13.6. The number of hydrogen-bond acceptors (Lipinski definition) is 9. The number of halogens is 1. The monoisotopic (exact) mass is 636 g/mol. The summed E-state index contributed by atoms with van der Waals surface area (Å²) in [5, 5.41) is 41.9. The van der Waals surface area contributed by atoms with Gasteiger partial charge < -0.3 is 39.5 Å². The number of aliphatic hydroxyl groups excluding tert-OH is 1. The summed E-state index contributed by atoms with van der Waals surface area (Å²) in [6.45, 7) is 3.52. The fourth-order valence-corrected chi connectivity index (χ4v) is 9.07. The summed E-state index contributed by atoms with van der Waals surface area (Å²) in [5.74, 6) is -3.21. The zero-order valence-electron chi connectivity index (χ0n) is 22.6. The molecule has 0 bridgehead atoms. The number of aromatic carboxylic acids is 1. The molecule has 224 valence electrons. The molecule has 0 amide bonds. The molecule has 0 spiro atoms. The van der Waals surface area contributed by atoms with E-state index in [4.69, 9.17) is 12.2 Å². The molecule has 4 atom stereocenters. The Morgan fingerprint density at radius 1 is 1.21 bits per heavy atom. The van der Waals surface area contributed by atoms with E-state index in [0.717, 1.165) is 18.9 Å². The van der Waals surface area contributed by atoms with Crippen molar-refractivity contribution in [2.75, 3.05) is 43.4 Å². The lowest BCUT2D eigenvalue weighted by atomic mass is 9.92. The average Bonchev–Trinajstić information content (AvgIpc) is 3.75. The summed E-state index contributed by atoms with van der Waals surface area (Å²) in [5.41, 5.74) is -0.407. The Labute approximate surface area is 253 Å². The zero-order chi connectivity index (χ0) is 30.1. The molecule has 0 radical (unpaired) electrons. The minimum absolute atomic E-state index is 0.0420. The Morgan fingerprint density at radius 3 is 2.50 bits per heavy atom. The van der Waals surface area contributed by atoms with Gasteiger partial charge in [0.15, 0.2) is 5.37 Å². The first-order valence-corrected chi connectivity index (χ1v) is 15.9. The summed E-state index contributed by atoms with van der Waals surface area (Å²) in [6.07, 6.45) is 2.38. The molecule has 42 heavy (non-hydrogen) atoms. The Bertz CT molecular complexity index is 1600. The van der Waals surface area contributed by atoms with Gasteiger partial charge >= 0.3 is 11.9 Å². The summed E-state index contributed by atoms with van der Waals surface area (Å²) >= 11 is 8.14. The number of thiocarbonyl (C=S) groups is 1. The molecule has 1 aliphatic carbocycles. The smallest absolute Gasteiger partial charge is 0.391 e. The number of quaternary nitrogens is 1. The van der Waals surface area contributed by atoms with Crippen LogP contribution in [0.25, 0.3) is 10.9 Å². The van der Waals surface area contributed by atoms with E-state index in [0.29, 0.717) is 46.6 Å². The molecule has 1 aromatic carbocycles. The number of aliphatic carboxylic acids is 1. The molecule has 15 heteroatoms.